The van der Waals surface area contributed by atoms with Crippen molar-refractivity contribution in [1.29, 1.82) is 0 Å². The summed E-state index contributed by atoms with van der Waals surface area (Å²) in [5.41, 5.74) is -0.520. The molecule has 0 aliphatic heterocycles. The standard InChI is InChI=1S/C19H28N2O4.ClH/c1-6-19(12-11-17(19)20(13(2)3)14(4)5)18(22)25-16-9-7-15(8-10-16)21(23)24;/h7-10,13-14,17H,6,11-12H2,1-5H3;1H. The summed E-state index contributed by atoms with van der Waals surface area (Å²) in [6.45, 7) is 10.6. The molecule has 146 valence electrons. The second kappa shape index (κ2) is 8.82. The third-order valence-corrected chi connectivity index (χ3v) is 5.35. The summed E-state index contributed by atoms with van der Waals surface area (Å²) in [6.07, 6.45) is 2.52. The Morgan fingerprint density at radius 1 is 1.27 bits per heavy atom. The Balaban J connectivity index is 0.00000338. The molecule has 1 aliphatic rings. The van der Waals surface area contributed by atoms with Gasteiger partial charge in [-0.3, -0.25) is 19.8 Å². The van der Waals surface area contributed by atoms with E-state index in [1.165, 1.54) is 24.3 Å². The first kappa shape index (κ1) is 22.4. The van der Waals surface area contributed by atoms with Gasteiger partial charge in [0.05, 0.1) is 10.3 Å². The monoisotopic (exact) mass is 384 g/mol. The molecule has 0 amide bonds. The Hall–Kier alpha value is -1.66. The number of rotatable bonds is 7. The number of nitro benzene ring substituents is 1. The van der Waals surface area contributed by atoms with Gasteiger partial charge >= 0.3 is 5.97 Å². The lowest BCUT2D eigenvalue weighted by atomic mass is 9.61. The molecule has 2 unspecified atom stereocenters. The molecule has 1 aromatic carbocycles. The van der Waals surface area contributed by atoms with Crippen LogP contribution in [-0.4, -0.2) is 33.9 Å². The number of hydrogen-bond acceptors (Lipinski definition) is 5. The third kappa shape index (κ3) is 4.18. The van der Waals surface area contributed by atoms with E-state index >= 15 is 0 Å². The van der Waals surface area contributed by atoms with Crippen molar-refractivity contribution in [3.8, 4) is 5.75 Å². The number of ether oxygens (including phenoxy) is 1. The van der Waals surface area contributed by atoms with Gasteiger partial charge in [0.15, 0.2) is 0 Å². The van der Waals surface area contributed by atoms with Crippen LogP contribution in [0.4, 0.5) is 5.69 Å². The number of non-ortho nitro benzene ring substituents is 1. The van der Waals surface area contributed by atoms with Crippen molar-refractivity contribution in [3.63, 3.8) is 0 Å². The lowest BCUT2D eigenvalue weighted by molar-refractivity contribution is -0.384. The number of nitrogens with zero attached hydrogens (tertiary/aromatic N) is 2. The molecular weight excluding hydrogens is 356 g/mol. The minimum atomic E-state index is -0.504. The zero-order valence-electron chi connectivity index (χ0n) is 16.1. The van der Waals surface area contributed by atoms with E-state index in [0.29, 0.717) is 17.8 Å². The summed E-state index contributed by atoms with van der Waals surface area (Å²) in [6, 6.07) is 6.54. The maximum absolute atomic E-state index is 12.9. The minimum absolute atomic E-state index is 0. The molecule has 1 aromatic rings. The molecule has 0 N–H and O–H groups in total. The van der Waals surface area contributed by atoms with E-state index < -0.39 is 10.3 Å². The van der Waals surface area contributed by atoms with Gasteiger partial charge in [0.25, 0.3) is 5.69 Å². The van der Waals surface area contributed by atoms with Crippen molar-refractivity contribution in [2.45, 2.75) is 72.0 Å². The van der Waals surface area contributed by atoms with Crippen LogP contribution in [0.2, 0.25) is 0 Å². The van der Waals surface area contributed by atoms with Crippen LogP contribution in [0.1, 0.15) is 53.9 Å². The van der Waals surface area contributed by atoms with E-state index in [0.717, 1.165) is 19.3 Å². The van der Waals surface area contributed by atoms with E-state index in [1.54, 1.807) is 0 Å². The van der Waals surface area contributed by atoms with Crippen LogP contribution in [-0.2, 0) is 4.79 Å². The highest BCUT2D eigenvalue weighted by molar-refractivity contribution is 5.85. The Morgan fingerprint density at radius 2 is 1.81 bits per heavy atom. The van der Waals surface area contributed by atoms with Gasteiger partial charge in [-0.2, -0.15) is 0 Å². The smallest absolute Gasteiger partial charge is 0.319 e. The molecule has 2 atom stereocenters. The van der Waals surface area contributed by atoms with E-state index in [1.807, 2.05) is 6.92 Å². The zero-order valence-corrected chi connectivity index (χ0v) is 16.9. The number of esters is 1. The Bertz CT molecular complexity index is 621. The predicted molar refractivity (Wildman–Crippen MR) is 104 cm³/mol. The molecule has 6 nitrogen and oxygen atoms in total. The van der Waals surface area contributed by atoms with E-state index in [9.17, 15) is 14.9 Å². The van der Waals surface area contributed by atoms with Crippen LogP contribution in [0.3, 0.4) is 0 Å². The van der Waals surface area contributed by atoms with Crippen molar-refractivity contribution < 1.29 is 14.5 Å². The normalized spacial score (nSPS) is 22.1. The number of hydrogen-bond donors (Lipinski definition) is 0. The predicted octanol–water partition coefficient (Wildman–Crippen LogP) is 4.60. The molecule has 0 saturated heterocycles. The largest absolute Gasteiger partial charge is 0.426 e. The topological polar surface area (TPSA) is 72.7 Å². The van der Waals surface area contributed by atoms with Crippen LogP contribution in [0.5, 0.6) is 5.75 Å². The van der Waals surface area contributed by atoms with Crippen molar-refractivity contribution in [3.05, 3.63) is 34.4 Å². The lowest BCUT2D eigenvalue weighted by Crippen LogP contribution is -2.63. The highest BCUT2D eigenvalue weighted by Gasteiger charge is 2.55. The van der Waals surface area contributed by atoms with E-state index in [2.05, 4.69) is 32.6 Å². The van der Waals surface area contributed by atoms with Crippen LogP contribution in [0.15, 0.2) is 24.3 Å². The van der Waals surface area contributed by atoms with Crippen LogP contribution in [0.25, 0.3) is 0 Å². The van der Waals surface area contributed by atoms with Gasteiger partial charge < -0.3 is 4.74 Å². The zero-order chi connectivity index (χ0) is 18.8. The van der Waals surface area contributed by atoms with Gasteiger partial charge in [-0.15, -0.1) is 12.4 Å². The maximum atomic E-state index is 12.9. The first-order valence-corrected chi connectivity index (χ1v) is 8.97. The molecule has 1 fully saturated rings. The second-order valence-electron chi connectivity index (χ2n) is 7.34. The average Bonchev–Trinajstić information content (AvgIpc) is 2.52. The first-order chi connectivity index (χ1) is 11.7. The Morgan fingerprint density at radius 3 is 2.15 bits per heavy atom. The summed E-state index contributed by atoms with van der Waals surface area (Å²) >= 11 is 0. The summed E-state index contributed by atoms with van der Waals surface area (Å²) in [5, 5.41) is 10.7. The van der Waals surface area contributed by atoms with Gasteiger partial charge in [-0.1, -0.05) is 6.92 Å². The fourth-order valence-corrected chi connectivity index (χ4v) is 4.01. The van der Waals surface area contributed by atoms with Gasteiger partial charge in [0.2, 0.25) is 0 Å². The molecule has 26 heavy (non-hydrogen) atoms. The van der Waals surface area contributed by atoms with E-state index in [-0.39, 0.29) is 30.1 Å². The number of halogens is 1. The molecule has 1 aliphatic carbocycles. The number of carbonyl (C=O) groups excluding carboxylic acids is 1. The van der Waals surface area contributed by atoms with Crippen molar-refractivity contribution in [2.75, 3.05) is 0 Å². The van der Waals surface area contributed by atoms with E-state index in [4.69, 9.17) is 4.74 Å². The summed E-state index contributed by atoms with van der Waals surface area (Å²) in [7, 11) is 0. The molecule has 0 spiro atoms. The average molecular weight is 385 g/mol. The molecule has 0 bridgehead atoms. The molecule has 0 radical (unpaired) electrons. The summed E-state index contributed by atoms with van der Waals surface area (Å²) in [5.74, 6) is 0.126. The second-order valence-corrected chi connectivity index (χ2v) is 7.34. The SMILES string of the molecule is CCC1(C(=O)Oc2ccc([N+](=O)[O-])cc2)CCC1N(C(C)C)C(C)C.Cl. The number of nitro groups is 1. The van der Waals surface area contributed by atoms with Crippen molar-refractivity contribution in [1.82, 2.24) is 4.90 Å². The van der Waals surface area contributed by atoms with Gasteiger partial charge in [-0.05, 0) is 59.1 Å². The van der Waals surface area contributed by atoms with Gasteiger partial charge in [0.1, 0.15) is 5.75 Å². The van der Waals surface area contributed by atoms with Crippen LogP contribution >= 0.6 is 12.4 Å². The highest BCUT2D eigenvalue weighted by Crippen LogP contribution is 2.49. The van der Waals surface area contributed by atoms with Crippen LogP contribution in [0, 0.1) is 15.5 Å². The number of benzene rings is 1. The minimum Gasteiger partial charge on any atom is -0.426 e. The quantitative estimate of drug-likeness (QED) is 0.297. The highest BCUT2D eigenvalue weighted by atomic mass is 35.5. The maximum Gasteiger partial charge on any atom is 0.319 e. The van der Waals surface area contributed by atoms with Gasteiger partial charge in [0, 0.05) is 30.3 Å². The Labute approximate surface area is 161 Å². The molecule has 7 heteroatoms. The lowest BCUT2D eigenvalue weighted by Gasteiger charge is -2.54. The molecular formula is C19H29ClN2O4. The number of carbonyl (C=O) groups is 1. The van der Waals surface area contributed by atoms with Crippen LogP contribution < -0.4 is 4.74 Å². The fourth-order valence-electron chi connectivity index (χ4n) is 4.01. The van der Waals surface area contributed by atoms with Crippen molar-refractivity contribution >= 4 is 24.1 Å². The third-order valence-electron chi connectivity index (χ3n) is 5.35. The Kier molecular flexibility index (Phi) is 7.59. The molecule has 1 saturated carbocycles. The molecule has 0 aromatic heterocycles. The summed E-state index contributed by atoms with van der Waals surface area (Å²) in [4.78, 5) is 25.6. The summed E-state index contributed by atoms with van der Waals surface area (Å²) < 4.78 is 5.60. The van der Waals surface area contributed by atoms with Crippen molar-refractivity contribution in [2.24, 2.45) is 5.41 Å². The van der Waals surface area contributed by atoms with Gasteiger partial charge in [-0.25, -0.2) is 0 Å². The molecule has 2 rings (SSSR count). The molecule has 0 heterocycles. The fraction of sp³-hybridized carbons (Fsp3) is 0.632. The first-order valence-electron chi connectivity index (χ1n) is 8.97.